The minimum Gasteiger partial charge on any atom is -0.497 e. The van der Waals surface area contributed by atoms with Crippen LogP contribution in [0.2, 0.25) is 0 Å². The van der Waals surface area contributed by atoms with Gasteiger partial charge < -0.3 is 20.3 Å². The highest BCUT2D eigenvalue weighted by molar-refractivity contribution is 7.98. The second-order valence-corrected chi connectivity index (χ2v) is 7.49. The third-order valence-corrected chi connectivity index (χ3v) is 5.15. The van der Waals surface area contributed by atoms with Crippen molar-refractivity contribution >= 4 is 23.5 Å². The van der Waals surface area contributed by atoms with E-state index in [9.17, 15) is 4.79 Å². The van der Waals surface area contributed by atoms with E-state index in [1.165, 1.54) is 11.8 Å². The number of tetrazole rings is 1. The molecule has 0 fully saturated rings. The molecule has 2 aromatic carbocycles. The maximum absolute atomic E-state index is 12.5. The molecule has 30 heavy (non-hydrogen) atoms. The molecule has 0 saturated carbocycles. The summed E-state index contributed by atoms with van der Waals surface area (Å²) in [5.74, 6) is 0.785. The van der Waals surface area contributed by atoms with Crippen LogP contribution in [0, 0.1) is 0 Å². The number of carbonyl (C=O) groups is 1. The van der Waals surface area contributed by atoms with E-state index in [4.69, 9.17) is 4.74 Å². The summed E-state index contributed by atoms with van der Waals surface area (Å²) in [4.78, 5) is 14.6. The fraction of sp³-hybridized carbons (Fsp3) is 0.300. The summed E-state index contributed by atoms with van der Waals surface area (Å²) in [6, 6.07) is 14.9. The number of benzene rings is 2. The second kappa shape index (κ2) is 10.1. The first-order chi connectivity index (χ1) is 14.5. The van der Waals surface area contributed by atoms with Gasteiger partial charge in [-0.05, 0) is 66.7 Å². The van der Waals surface area contributed by atoms with Gasteiger partial charge in [0.25, 0.3) is 0 Å². The van der Waals surface area contributed by atoms with Gasteiger partial charge in [0.2, 0.25) is 5.16 Å². The molecule has 0 saturated heterocycles. The van der Waals surface area contributed by atoms with Gasteiger partial charge in [-0.1, -0.05) is 30.0 Å². The molecule has 0 aliphatic rings. The highest BCUT2D eigenvalue weighted by atomic mass is 32.2. The maximum atomic E-state index is 12.5. The zero-order chi connectivity index (χ0) is 21.5. The van der Waals surface area contributed by atoms with Crippen LogP contribution in [0.1, 0.15) is 11.6 Å². The standard InChI is InChI=1S/C20H25N7O2S/c1-26(2)18(14-7-5-10-17(11-14)29-3)13-21-19(28)22-15-8-6-9-16(12-15)27-20(30-4)23-24-25-27/h5-12,18H,13H2,1-4H3,(H2,21,22,28)/t18-/m0/s1. The zero-order valence-electron chi connectivity index (χ0n) is 17.4. The van der Waals surface area contributed by atoms with E-state index in [1.54, 1.807) is 11.8 Å². The molecular formula is C20H25N7O2S. The quantitative estimate of drug-likeness (QED) is 0.534. The smallest absolute Gasteiger partial charge is 0.319 e. The van der Waals surface area contributed by atoms with E-state index in [0.29, 0.717) is 17.4 Å². The van der Waals surface area contributed by atoms with Gasteiger partial charge in [0.05, 0.1) is 18.8 Å². The lowest BCUT2D eigenvalue weighted by Gasteiger charge is -2.25. The van der Waals surface area contributed by atoms with Crippen molar-refractivity contribution in [3.05, 3.63) is 54.1 Å². The van der Waals surface area contributed by atoms with E-state index in [1.807, 2.05) is 68.9 Å². The summed E-state index contributed by atoms with van der Waals surface area (Å²) in [5.41, 5.74) is 2.48. The largest absolute Gasteiger partial charge is 0.497 e. The SMILES string of the molecule is COc1cccc([C@H](CNC(=O)Nc2cccc(-n3nnnc3SC)c2)N(C)C)c1. The Morgan fingerprint density at radius 1 is 1.23 bits per heavy atom. The molecule has 3 aromatic rings. The van der Waals surface area contributed by atoms with Crippen molar-refractivity contribution in [2.75, 3.05) is 39.3 Å². The van der Waals surface area contributed by atoms with Gasteiger partial charge in [-0.2, -0.15) is 4.68 Å². The number of hydrogen-bond donors (Lipinski definition) is 2. The number of thioether (sulfide) groups is 1. The zero-order valence-corrected chi connectivity index (χ0v) is 18.2. The molecule has 0 aliphatic carbocycles. The van der Waals surface area contributed by atoms with Crippen LogP contribution in [0.15, 0.2) is 53.7 Å². The molecular weight excluding hydrogens is 402 g/mol. The third-order valence-electron chi connectivity index (χ3n) is 4.53. The van der Waals surface area contributed by atoms with Crippen LogP contribution in [-0.4, -0.2) is 65.1 Å². The summed E-state index contributed by atoms with van der Waals surface area (Å²) in [6.07, 6.45) is 1.90. The Balaban J connectivity index is 1.65. The molecule has 0 spiro atoms. The minimum absolute atomic E-state index is 0.00236. The normalized spacial score (nSPS) is 11.9. The van der Waals surface area contributed by atoms with Crippen LogP contribution in [0.3, 0.4) is 0 Å². The Morgan fingerprint density at radius 2 is 2.03 bits per heavy atom. The molecule has 0 unspecified atom stereocenters. The molecule has 0 radical (unpaired) electrons. The molecule has 2 N–H and O–H groups in total. The molecule has 1 atom stereocenters. The van der Waals surface area contributed by atoms with Crippen molar-refractivity contribution in [1.82, 2.24) is 30.4 Å². The summed E-state index contributed by atoms with van der Waals surface area (Å²) in [7, 11) is 5.59. The second-order valence-electron chi connectivity index (χ2n) is 6.72. The number of ether oxygens (including phenoxy) is 1. The molecule has 0 bridgehead atoms. The highest BCUT2D eigenvalue weighted by Gasteiger charge is 2.16. The molecule has 0 aliphatic heterocycles. The lowest BCUT2D eigenvalue weighted by molar-refractivity contribution is 0.243. The first kappa shape index (κ1) is 21.6. The van der Waals surface area contributed by atoms with Crippen molar-refractivity contribution in [1.29, 1.82) is 0 Å². The topological polar surface area (TPSA) is 97.2 Å². The maximum Gasteiger partial charge on any atom is 0.319 e. The molecule has 1 aromatic heterocycles. The number of nitrogens with zero attached hydrogens (tertiary/aromatic N) is 5. The molecule has 9 nitrogen and oxygen atoms in total. The van der Waals surface area contributed by atoms with Crippen molar-refractivity contribution in [3.8, 4) is 11.4 Å². The van der Waals surface area contributed by atoms with Crippen LogP contribution in [0.4, 0.5) is 10.5 Å². The Morgan fingerprint density at radius 3 is 2.77 bits per heavy atom. The van der Waals surface area contributed by atoms with Crippen LogP contribution in [0.25, 0.3) is 5.69 Å². The van der Waals surface area contributed by atoms with E-state index in [2.05, 4.69) is 31.1 Å². The predicted octanol–water partition coefficient (Wildman–Crippen LogP) is 2.82. The number of urea groups is 1. The molecule has 10 heteroatoms. The number of aromatic nitrogens is 4. The first-order valence-corrected chi connectivity index (χ1v) is 10.5. The van der Waals surface area contributed by atoms with Crippen molar-refractivity contribution < 1.29 is 9.53 Å². The number of methoxy groups -OCH3 is 1. The van der Waals surface area contributed by atoms with Crippen molar-refractivity contribution in [3.63, 3.8) is 0 Å². The summed E-state index contributed by atoms with van der Waals surface area (Å²) in [6.45, 7) is 0.440. The number of amides is 2. The number of hydrogen-bond acceptors (Lipinski definition) is 7. The molecule has 3 rings (SSSR count). The van der Waals surface area contributed by atoms with Crippen LogP contribution < -0.4 is 15.4 Å². The Kier molecular flexibility index (Phi) is 7.26. The fourth-order valence-electron chi connectivity index (χ4n) is 3.00. The van der Waals surface area contributed by atoms with E-state index in [0.717, 1.165) is 17.0 Å². The third kappa shape index (κ3) is 5.28. The van der Waals surface area contributed by atoms with Crippen LogP contribution in [-0.2, 0) is 0 Å². The molecule has 158 valence electrons. The Labute approximate surface area is 179 Å². The van der Waals surface area contributed by atoms with E-state index < -0.39 is 0 Å². The monoisotopic (exact) mass is 427 g/mol. The number of nitrogens with one attached hydrogen (secondary N) is 2. The Hall–Kier alpha value is -3.11. The average molecular weight is 428 g/mol. The van der Waals surface area contributed by atoms with Gasteiger partial charge in [0.15, 0.2) is 0 Å². The van der Waals surface area contributed by atoms with Crippen molar-refractivity contribution in [2.24, 2.45) is 0 Å². The van der Waals surface area contributed by atoms with E-state index >= 15 is 0 Å². The number of rotatable bonds is 8. The van der Waals surface area contributed by atoms with Crippen molar-refractivity contribution in [2.45, 2.75) is 11.2 Å². The van der Waals surface area contributed by atoms with Crippen LogP contribution in [0.5, 0.6) is 5.75 Å². The summed E-state index contributed by atoms with van der Waals surface area (Å²) in [5, 5.41) is 18.1. The first-order valence-electron chi connectivity index (χ1n) is 9.30. The van der Waals surface area contributed by atoms with Gasteiger partial charge in [0, 0.05) is 12.2 Å². The predicted molar refractivity (Wildman–Crippen MR) is 117 cm³/mol. The average Bonchev–Trinajstić information content (AvgIpc) is 3.23. The van der Waals surface area contributed by atoms with Gasteiger partial charge in [-0.25, -0.2) is 4.79 Å². The fourth-order valence-corrected chi connectivity index (χ4v) is 3.43. The number of likely N-dealkylation sites (N-methyl/N-ethyl adjacent to an activating group) is 1. The van der Waals surface area contributed by atoms with Gasteiger partial charge in [0.1, 0.15) is 5.75 Å². The van der Waals surface area contributed by atoms with Crippen LogP contribution >= 0.6 is 11.8 Å². The summed E-state index contributed by atoms with van der Waals surface area (Å²) >= 11 is 1.44. The summed E-state index contributed by atoms with van der Waals surface area (Å²) < 4.78 is 6.94. The van der Waals surface area contributed by atoms with Gasteiger partial charge in [-0.15, -0.1) is 5.10 Å². The highest BCUT2D eigenvalue weighted by Crippen LogP contribution is 2.22. The number of carbonyl (C=O) groups excluding carboxylic acids is 1. The van der Waals surface area contributed by atoms with Gasteiger partial charge in [-0.3, -0.25) is 0 Å². The van der Waals surface area contributed by atoms with E-state index in [-0.39, 0.29) is 12.1 Å². The van der Waals surface area contributed by atoms with Gasteiger partial charge >= 0.3 is 6.03 Å². The molecule has 2 amide bonds. The lowest BCUT2D eigenvalue weighted by Crippen LogP contribution is -2.36. The number of anilines is 1. The minimum atomic E-state index is -0.288. The molecule has 1 heterocycles. The lowest BCUT2D eigenvalue weighted by atomic mass is 10.1. The Bertz CT molecular complexity index is 993.